The maximum atomic E-state index is 4.26. The molecule has 0 saturated carbocycles. The highest BCUT2D eigenvalue weighted by Crippen LogP contribution is 2.21. The van der Waals surface area contributed by atoms with E-state index in [1.807, 2.05) is 18.5 Å². The number of fused-ring (bicyclic) bond motifs is 1. The van der Waals surface area contributed by atoms with E-state index in [4.69, 9.17) is 0 Å². The van der Waals surface area contributed by atoms with Gasteiger partial charge in [0.05, 0.1) is 0 Å². The quantitative estimate of drug-likeness (QED) is 0.748. The first-order valence-corrected chi connectivity index (χ1v) is 5.18. The first kappa shape index (κ1) is 9.97. The summed E-state index contributed by atoms with van der Waals surface area (Å²) in [5, 5.41) is 1.18. The highest BCUT2D eigenvalue weighted by molar-refractivity contribution is 5.85. The van der Waals surface area contributed by atoms with Gasteiger partial charge in [-0.3, -0.25) is 0 Å². The summed E-state index contributed by atoms with van der Waals surface area (Å²) in [7, 11) is 0. The van der Waals surface area contributed by atoms with E-state index in [-0.39, 0.29) is 5.41 Å². The molecule has 0 amide bonds. The van der Waals surface area contributed by atoms with Crippen LogP contribution < -0.4 is 0 Å². The summed E-state index contributed by atoms with van der Waals surface area (Å²) >= 11 is 0. The van der Waals surface area contributed by atoms with Gasteiger partial charge in [-0.05, 0) is 23.1 Å². The number of hydrogen-bond donors (Lipinski definition) is 1. The lowest BCUT2D eigenvalue weighted by Gasteiger charge is -2.11. The molecule has 78 valence electrons. The molecular formula is C13H16N2. The standard InChI is InChI=1S/C13H16N2/c1-13(2,3)7-4-10-5-8-14-12-11(10)6-9-15-12/h4-9H,1-3H3,(H,14,15)/b7-4+. The van der Waals surface area contributed by atoms with Crippen LogP contribution in [0.4, 0.5) is 0 Å². The Hall–Kier alpha value is -1.57. The molecule has 15 heavy (non-hydrogen) atoms. The van der Waals surface area contributed by atoms with Gasteiger partial charge in [0.1, 0.15) is 5.65 Å². The molecule has 0 unspecified atom stereocenters. The lowest BCUT2D eigenvalue weighted by atomic mass is 9.95. The fourth-order valence-electron chi connectivity index (χ4n) is 1.47. The van der Waals surface area contributed by atoms with Crippen LogP contribution in [0.1, 0.15) is 26.3 Å². The van der Waals surface area contributed by atoms with Crippen molar-refractivity contribution in [3.8, 4) is 0 Å². The molecule has 0 atom stereocenters. The number of aromatic nitrogens is 2. The zero-order valence-corrected chi connectivity index (χ0v) is 9.41. The van der Waals surface area contributed by atoms with Crippen LogP contribution in [0.2, 0.25) is 0 Å². The van der Waals surface area contributed by atoms with Gasteiger partial charge in [-0.15, -0.1) is 0 Å². The van der Waals surface area contributed by atoms with E-state index in [2.05, 4.69) is 49.0 Å². The predicted molar refractivity (Wildman–Crippen MR) is 64.6 cm³/mol. The summed E-state index contributed by atoms with van der Waals surface area (Å²) in [5.41, 5.74) is 2.38. The average molecular weight is 200 g/mol. The van der Waals surface area contributed by atoms with Crippen LogP contribution in [-0.4, -0.2) is 9.97 Å². The Kier molecular flexibility index (Phi) is 2.35. The Balaban J connectivity index is 2.44. The topological polar surface area (TPSA) is 28.7 Å². The maximum absolute atomic E-state index is 4.26. The molecule has 2 heterocycles. The van der Waals surface area contributed by atoms with Crippen molar-refractivity contribution < 1.29 is 0 Å². The average Bonchev–Trinajstić information content (AvgIpc) is 2.61. The van der Waals surface area contributed by atoms with E-state index in [0.717, 1.165) is 5.65 Å². The first-order chi connectivity index (χ1) is 7.06. The third-order valence-electron chi connectivity index (χ3n) is 2.26. The van der Waals surface area contributed by atoms with E-state index in [0.29, 0.717) is 0 Å². The van der Waals surface area contributed by atoms with Crippen LogP contribution in [0.25, 0.3) is 17.1 Å². The van der Waals surface area contributed by atoms with Crippen LogP contribution in [0, 0.1) is 5.41 Å². The minimum Gasteiger partial charge on any atom is -0.346 e. The number of aromatic amines is 1. The van der Waals surface area contributed by atoms with Crippen molar-refractivity contribution in [1.29, 1.82) is 0 Å². The molecule has 0 aliphatic rings. The number of hydrogen-bond acceptors (Lipinski definition) is 1. The van der Waals surface area contributed by atoms with E-state index in [9.17, 15) is 0 Å². The number of nitrogens with one attached hydrogen (secondary N) is 1. The van der Waals surface area contributed by atoms with Crippen LogP contribution >= 0.6 is 0 Å². The van der Waals surface area contributed by atoms with Gasteiger partial charge in [-0.1, -0.05) is 32.9 Å². The first-order valence-electron chi connectivity index (χ1n) is 5.18. The van der Waals surface area contributed by atoms with Crippen molar-refractivity contribution in [2.75, 3.05) is 0 Å². The number of allylic oxidation sites excluding steroid dienone is 1. The van der Waals surface area contributed by atoms with E-state index in [1.54, 1.807) is 0 Å². The molecule has 2 nitrogen and oxygen atoms in total. The Morgan fingerprint density at radius 3 is 2.80 bits per heavy atom. The molecule has 2 aromatic heterocycles. The smallest absolute Gasteiger partial charge is 0.137 e. The molecular weight excluding hydrogens is 184 g/mol. The van der Waals surface area contributed by atoms with Gasteiger partial charge in [0.2, 0.25) is 0 Å². The van der Waals surface area contributed by atoms with Crippen molar-refractivity contribution >= 4 is 17.1 Å². The molecule has 0 spiro atoms. The number of pyridine rings is 1. The summed E-state index contributed by atoms with van der Waals surface area (Å²) < 4.78 is 0. The molecule has 2 heteroatoms. The minimum absolute atomic E-state index is 0.214. The summed E-state index contributed by atoms with van der Waals surface area (Å²) in [5.74, 6) is 0. The van der Waals surface area contributed by atoms with Gasteiger partial charge in [0.25, 0.3) is 0 Å². The molecule has 0 fully saturated rings. The summed E-state index contributed by atoms with van der Waals surface area (Å²) in [6.45, 7) is 6.58. The second kappa shape index (κ2) is 3.54. The lowest BCUT2D eigenvalue weighted by Crippen LogP contribution is -1.98. The van der Waals surface area contributed by atoms with Crippen LogP contribution in [-0.2, 0) is 0 Å². The third kappa shape index (κ3) is 2.27. The second-order valence-electron chi connectivity index (χ2n) is 4.84. The molecule has 0 aliphatic carbocycles. The predicted octanol–water partition coefficient (Wildman–Crippen LogP) is 3.62. The largest absolute Gasteiger partial charge is 0.346 e. The molecule has 1 N–H and O–H groups in total. The summed E-state index contributed by atoms with van der Waals surface area (Å²) in [4.78, 5) is 7.37. The SMILES string of the molecule is CC(C)(C)/C=C/c1ccnc2[nH]ccc12. The van der Waals surface area contributed by atoms with E-state index < -0.39 is 0 Å². The van der Waals surface area contributed by atoms with Crippen molar-refractivity contribution in [2.24, 2.45) is 5.41 Å². The fourth-order valence-corrected chi connectivity index (χ4v) is 1.47. The highest BCUT2D eigenvalue weighted by atomic mass is 14.8. The van der Waals surface area contributed by atoms with Gasteiger partial charge < -0.3 is 4.98 Å². The summed E-state index contributed by atoms with van der Waals surface area (Å²) in [6.07, 6.45) is 8.14. The van der Waals surface area contributed by atoms with Crippen molar-refractivity contribution in [2.45, 2.75) is 20.8 Å². The molecule has 0 radical (unpaired) electrons. The van der Waals surface area contributed by atoms with Gasteiger partial charge >= 0.3 is 0 Å². The van der Waals surface area contributed by atoms with E-state index >= 15 is 0 Å². The molecule has 2 aromatic rings. The van der Waals surface area contributed by atoms with Crippen LogP contribution in [0.3, 0.4) is 0 Å². The Morgan fingerprint density at radius 1 is 1.27 bits per heavy atom. The maximum Gasteiger partial charge on any atom is 0.137 e. The van der Waals surface area contributed by atoms with Gasteiger partial charge in [0.15, 0.2) is 0 Å². The number of nitrogens with zero attached hydrogens (tertiary/aromatic N) is 1. The Labute approximate surface area is 90.0 Å². The number of H-pyrrole nitrogens is 1. The Bertz CT molecular complexity index is 486. The monoisotopic (exact) mass is 200 g/mol. The van der Waals surface area contributed by atoms with Crippen LogP contribution in [0.15, 0.2) is 30.6 Å². The fraction of sp³-hybridized carbons (Fsp3) is 0.308. The molecule has 0 aliphatic heterocycles. The molecule has 0 aromatic carbocycles. The minimum atomic E-state index is 0.214. The van der Waals surface area contributed by atoms with Crippen LogP contribution in [0.5, 0.6) is 0 Å². The zero-order valence-electron chi connectivity index (χ0n) is 9.41. The van der Waals surface area contributed by atoms with Gasteiger partial charge in [0, 0.05) is 17.8 Å². The molecule has 0 bridgehead atoms. The normalized spacial score (nSPS) is 12.7. The van der Waals surface area contributed by atoms with Gasteiger partial charge in [-0.25, -0.2) is 4.98 Å². The second-order valence-corrected chi connectivity index (χ2v) is 4.84. The third-order valence-corrected chi connectivity index (χ3v) is 2.26. The Morgan fingerprint density at radius 2 is 2.07 bits per heavy atom. The highest BCUT2D eigenvalue weighted by Gasteiger charge is 2.05. The zero-order chi connectivity index (χ0) is 10.9. The van der Waals surface area contributed by atoms with Crippen molar-refractivity contribution in [3.63, 3.8) is 0 Å². The molecule has 2 rings (SSSR count). The number of rotatable bonds is 1. The molecule has 0 saturated heterocycles. The van der Waals surface area contributed by atoms with Crippen molar-refractivity contribution in [1.82, 2.24) is 9.97 Å². The lowest BCUT2D eigenvalue weighted by molar-refractivity contribution is 0.547. The summed E-state index contributed by atoms with van der Waals surface area (Å²) in [6, 6.07) is 4.10. The van der Waals surface area contributed by atoms with Crippen molar-refractivity contribution in [3.05, 3.63) is 36.2 Å². The van der Waals surface area contributed by atoms with E-state index in [1.165, 1.54) is 10.9 Å². The van der Waals surface area contributed by atoms with Gasteiger partial charge in [-0.2, -0.15) is 0 Å².